The number of nitrogens with two attached hydrogens (primary N) is 1. The van der Waals surface area contributed by atoms with Crippen molar-refractivity contribution in [2.24, 2.45) is 0 Å². The summed E-state index contributed by atoms with van der Waals surface area (Å²) in [5, 5.41) is 6.17. The van der Waals surface area contributed by atoms with Gasteiger partial charge in [-0.15, -0.1) is 0 Å². The van der Waals surface area contributed by atoms with E-state index >= 15 is 0 Å². The molecule has 0 spiro atoms. The third-order valence-corrected chi connectivity index (χ3v) is 6.48. The first-order valence-electron chi connectivity index (χ1n) is 9.01. The molecule has 0 aliphatic heterocycles. The van der Waals surface area contributed by atoms with Gasteiger partial charge in [0.1, 0.15) is 5.82 Å². The van der Waals surface area contributed by atoms with Crippen molar-refractivity contribution in [2.75, 3.05) is 15.8 Å². The number of carbonyl (C=O) groups excluding carboxylic acids is 1. The Kier molecular flexibility index (Phi) is 6.89. The van der Waals surface area contributed by atoms with E-state index in [-0.39, 0.29) is 10.7 Å². The van der Waals surface area contributed by atoms with Gasteiger partial charge in [0.15, 0.2) is 0 Å². The first-order chi connectivity index (χ1) is 14.7. The molecule has 162 valence electrons. The van der Waals surface area contributed by atoms with E-state index in [1.165, 1.54) is 42.6 Å². The summed E-state index contributed by atoms with van der Waals surface area (Å²) in [6.07, 6.45) is 1.40. The van der Waals surface area contributed by atoms with E-state index in [2.05, 4.69) is 20.3 Å². The summed E-state index contributed by atoms with van der Waals surface area (Å²) >= 11 is 12.2. The van der Waals surface area contributed by atoms with Gasteiger partial charge in [0.25, 0.3) is 10.0 Å². The molecule has 3 aromatic rings. The second-order valence-electron chi connectivity index (χ2n) is 6.56. The van der Waals surface area contributed by atoms with Crippen LogP contribution in [0.1, 0.15) is 18.5 Å². The Bertz CT molecular complexity index is 1200. The number of aromatic nitrogens is 1. The van der Waals surface area contributed by atoms with E-state index in [9.17, 15) is 13.2 Å². The lowest BCUT2D eigenvalue weighted by Gasteiger charge is -2.17. The van der Waals surface area contributed by atoms with Gasteiger partial charge in [-0.2, -0.15) is 0 Å². The topological polar surface area (TPSA) is 126 Å². The van der Waals surface area contributed by atoms with Crippen LogP contribution in [0, 0.1) is 0 Å². The number of carbonyl (C=O) groups is 1. The Labute approximate surface area is 189 Å². The highest BCUT2D eigenvalue weighted by molar-refractivity contribution is 7.92. The van der Waals surface area contributed by atoms with E-state index in [4.69, 9.17) is 28.9 Å². The number of hydrogen-bond donors (Lipinski definition) is 4. The predicted molar refractivity (Wildman–Crippen MR) is 123 cm³/mol. The molecule has 1 heterocycles. The van der Waals surface area contributed by atoms with Crippen LogP contribution in [0.25, 0.3) is 0 Å². The van der Waals surface area contributed by atoms with Gasteiger partial charge in [-0.1, -0.05) is 35.3 Å². The number of benzene rings is 2. The van der Waals surface area contributed by atoms with Crippen LogP contribution in [0.3, 0.4) is 0 Å². The van der Waals surface area contributed by atoms with Gasteiger partial charge in [-0.25, -0.2) is 18.2 Å². The molecule has 0 aliphatic rings. The molecule has 3 rings (SSSR count). The maximum atomic E-state index is 12.5. The number of nitrogens with one attached hydrogen (secondary N) is 3. The fourth-order valence-corrected chi connectivity index (χ4v) is 4.26. The molecular formula is C20H19Cl2N5O3S. The first kappa shape index (κ1) is 22.7. The van der Waals surface area contributed by atoms with Crippen molar-refractivity contribution in [3.05, 3.63) is 76.4 Å². The van der Waals surface area contributed by atoms with Crippen molar-refractivity contribution in [3.63, 3.8) is 0 Å². The van der Waals surface area contributed by atoms with E-state index < -0.39 is 22.1 Å². The normalized spacial score (nSPS) is 12.1. The van der Waals surface area contributed by atoms with Gasteiger partial charge in [-0.05, 0) is 48.9 Å². The standard InChI is InChI=1S/C20H19Cl2N5O3S/c1-12(16-3-2-4-17(21)19(16)22)25-20(28)26-13-5-7-15(8-6-13)31(29,30)27-14-9-10-24-18(23)11-14/h2-12H,1H3,(H3,23,24,27)(H2,25,26,28). The minimum Gasteiger partial charge on any atom is -0.384 e. The lowest BCUT2D eigenvalue weighted by Crippen LogP contribution is -2.31. The number of sulfonamides is 1. The van der Waals surface area contributed by atoms with Gasteiger partial charge >= 0.3 is 6.03 Å². The molecule has 0 radical (unpaired) electrons. The van der Waals surface area contributed by atoms with Crippen LogP contribution in [0.15, 0.2) is 65.7 Å². The lowest BCUT2D eigenvalue weighted by atomic mass is 10.1. The number of nitrogen functional groups attached to an aromatic ring is 1. The van der Waals surface area contributed by atoms with Gasteiger partial charge < -0.3 is 16.4 Å². The number of pyridine rings is 1. The first-order valence-corrected chi connectivity index (χ1v) is 11.3. The van der Waals surface area contributed by atoms with Gasteiger partial charge in [-0.3, -0.25) is 4.72 Å². The zero-order valence-electron chi connectivity index (χ0n) is 16.3. The van der Waals surface area contributed by atoms with Crippen LogP contribution in [0.4, 0.5) is 22.0 Å². The molecule has 0 aliphatic carbocycles. The van der Waals surface area contributed by atoms with Crippen molar-refractivity contribution in [2.45, 2.75) is 17.9 Å². The molecule has 0 saturated carbocycles. The fourth-order valence-electron chi connectivity index (χ4n) is 2.74. The Morgan fingerprint density at radius 1 is 1.06 bits per heavy atom. The summed E-state index contributed by atoms with van der Waals surface area (Å²) in [6, 6.07) is 12.9. The van der Waals surface area contributed by atoms with Crippen LogP contribution in [0.2, 0.25) is 10.0 Å². The maximum absolute atomic E-state index is 12.5. The highest BCUT2D eigenvalue weighted by Gasteiger charge is 2.16. The summed E-state index contributed by atoms with van der Waals surface area (Å²) in [5.74, 6) is 0.194. The number of amides is 2. The number of urea groups is 1. The number of anilines is 3. The smallest absolute Gasteiger partial charge is 0.319 e. The molecule has 0 bridgehead atoms. The van der Waals surface area contributed by atoms with E-state index in [0.29, 0.717) is 27.0 Å². The van der Waals surface area contributed by atoms with Crippen LogP contribution in [-0.2, 0) is 10.0 Å². The number of nitrogens with zero attached hydrogens (tertiary/aromatic N) is 1. The SMILES string of the molecule is CC(NC(=O)Nc1ccc(S(=O)(=O)Nc2ccnc(N)c2)cc1)c1cccc(Cl)c1Cl. The molecule has 1 aromatic heterocycles. The summed E-state index contributed by atoms with van der Waals surface area (Å²) in [5.41, 5.74) is 6.94. The molecule has 31 heavy (non-hydrogen) atoms. The summed E-state index contributed by atoms with van der Waals surface area (Å²) in [4.78, 5) is 16.1. The van der Waals surface area contributed by atoms with E-state index in [1.54, 1.807) is 25.1 Å². The molecule has 0 fully saturated rings. The van der Waals surface area contributed by atoms with E-state index in [1.807, 2.05) is 0 Å². The summed E-state index contributed by atoms with van der Waals surface area (Å²) in [7, 11) is -3.83. The third kappa shape index (κ3) is 5.78. The fraction of sp³-hybridized carbons (Fsp3) is 0.100. The maximum Gasteiger partial charge on any atom is 0.319 e. The van der Waals surface area contributed by atoms with Gasteiger partial charge in [0.2, 0.25) is 0 Å². The number of rotatable bonds is 6. The largest absolute Gasteiger partial charge is 0.384 e. The summed E-state index contributed by atoms with van der Waals surface area (Å²) in [6.45, 7) is 1.77. The third-order valence-electron chi connectivity index (χ3n) is 4.25. The molecule has 1 atom stereocenters. The Hall–Kier alpha value is -3.01. The Morgan fingerprint density at radius 2 is 1.77 bits per heavy atom. The second kappa shape index (κ2) is 9.42. The van der Waals surface area contributed by atoms with E-state index in [0.717, 1.165) is 0 Å². The molecule has 11 heteroatoms. The minimum atomic E-state index is -3.83. The Balaban J connectivity index is 1.64. The second-order valence-corrected chi connectivity index (χ2v) is 9.03. The quantitative estimate of drug-likeness (QED) is 0.409. The van der Waals surface area contributed by atoms with Crippen LogP contribution >= 0.6 is 23.2 Å². The van der Waals surface area contributed by atoms with Crippen molar-refractivity contribution in [1.82, 2.24) is 10.3 Å². The van der Waals surface area contributed by atoms with Crippen molar-refractivity contribution in [3.8, 4) is 0 Å². The molecule has 2 aromatic carbocycles. The molecule has 0 saturated heterocycles. The highest BCUT2D eigenvalue weighted by atomic mass is 35.5. The summed E-state index contributed by atoms with van der Waals surface area (Å²) < 4.78 is 27.4. The van der Waals surface area contributed by atoms with Crippen molar-refractivity contribution < 1.29 is 13.2 Å². The Morgan fingerprint density at radius 3 is 2.45 bits per heavy atom. The van der Waals surface area contributed by atoms with Crippen molar-refractivity contribution in [1.29, 1.82) is 0 Å². The molecule has 1 unspecified atom stereocenters. The van der Waals surface area contributed by atoms with Gasteiger partial charge in [0.05, 0.1) is 26.7 Å². The van der Waals surface area contributed by atoms with Crippen molar-refractivity contribution >= 4 is 56.4 Å². The molecule has 2 amide bonds. The van der Waals surface area contributed by atoms with Crippen LogP contribution in [0.5, 0.6) is 0 Å². The zero-order chi connectivity index (χ0) is 22.6. The minimum absolute atomic E-state index is 0.0212. The van der Waals surface area contributed by atoms with Gasteiger partial charge in [0, 0.05) is 18.0 Å². The predicted octanol–water partition coefficient (Wildman–Crippen LogP) is 4.65. The average molecular weight is 480 g/mol. The number of halogens is 2. The molecular weight excluding hydrogens is 461 g/mol. The number of hydrogen-bond acceptors (Lipinski definition) is 5. The average Bonchev–Trinajstić information content (AvgIpc) is 2.70. The highest BCUT2D eigenvalue weighted by Crippen LogP contribution is 2.29. The molecule has 5 N–H and O–H groups in total. The zero-order valence-corrected chi connectivity index (χ0v) is 18.6. The monoisotopic (exact) mass is 479 g/mol. The van der Waals surface area contributed by atoms with Crippen LogP contribution < -0.4 is 21.1 Å². The molecule has 8 nitrogen and oxygen atoms in total. The van der Waals surface area contributed by atoms with Crippen LogP contribution in [-0.4, -0.2) is 19.4 Å². The lowest BCUT2D eigenvalue weighted by molar-refractivity contribution is 0.249.